The fourth-order valence-corrected chi connectivity index (χ4v) is 3.69. The number of hydrogen-bond acceptors (Lipinski definition) is 3. The summed E-state index contributed by atoms with van der Waals surface area (Å²) in [5.74, 6) is 0. The summed E-state index contributed by atoms with van der Waals surface area (Å²) in [6, 6.07) is 9.92. The lowest BCUT2D eigenvalue weighted by molar-refractivity contribution is 0.00174. The van der Waals surface area contributed by atoms with Crippen LogP contribution in [0.1, 0.15) is 44.9 Å². The number of halogens is 1. The summed E-state index contributed by atoms with van der Waals surface area (Å²) in [4.78, 5) is 14.7. The predicted octanol–water partition coefficient (Wildman–Crippen LogP) is 4.45. The van der Waals surface area contributed by atoms with Gasteiger partial charge in [0.2, 0.25) is 0 Å². The van der Waals surface area contributed by atoms with Gasteiger partial charge in [-0.2, -0.15) is 0 Å². The van der Waals surface area contributed by atoms with E-state index < -0.39 is 0 Å². The SMILES string of the molecule is Cl.O=C(Nc1ccccc1)O[C@@H]1CCCC[C@H]1N1CCCCC1. The fraction of sp³-hybridized carbons (Fsp3) is 0.611. The third-order valence-corrected chi connectivity index (χ3v) is 4.81. The van der Waals surface area contributed by atoms with Crippen LogP contribution in [0.4, 0.5) is 10.5 Å². The van der Waals surface area contributed by atoms with Gasteiger partial charge in [0.05, 0.1) is 0 Å². The second-order valence-electron chi connectivity index (χ2n) is 6.38. The Hall–Kier alpha value is -1.26. The zero-order chi connectivity index (χ0) is 15.2. The number of ether oxygens (including phenoxy) is 1. The average Bonchev–Trinajstić information content (AvgIpc) is 2.57. The van der Waals surface area contributed by atoms with E-state index in [-0.39, 0.29) is 24.6 Å². The number of nitrogens with one attached hydrogen (secondary N) is 1. The number of para-hydroxylation sites is 1. The van der Waals surface area contributed by atoms with Gasteiger partial charge in [-0.15, -0.1) is 12.4 Å². The monoisotopic (exact) mass is 338 g/mol. The fourth-order valence-electron chi connectivity index (χ4n) is 3.69. The first-order valence-electron chi connectivity index (χ1n) is 8.60. The maximum atomic E-state index is 12.2. The summed E-state index contributed by atoms with van der Waals surface area (Å²) in [6.45, 7) is 2.32. The van der Waals surface area contributed by atoms with Crippen molar-refractivity contribution in [1.82, 2.24) is 4.90 Å². The lowest BCUT2D eigenvalue weighted by Gasteiger charge is -2.41. The van der Waals surface area contributed by atoms with E-state index in [1.807, 2.05) is 30.3 Å². The molecule has 23 heavy (non-hydrogen) atoms. The number of nitrogens with zero attached hydrogens (tertiary/aromatic N) is 1. The van der Waals surface area contributed by atoms with Gasteiger partial charge in [-0.1, -0.05) is 31.0 Å². The molecular formula is C18H27ClN2O2. The minimum atomic E-state index is -0.319. The number of carbonyl (C=O) groups excluding carboxylic acids is 1. The molecule has 0 bridgehead atoms. The summed E-state index contributed by atoms with van der Waals surface area (Å²) < 4.78 is 5.77. The van der Waals surface area contributed by atoms with Crippen LogP contribution in [0.5, 0.6) is 0 Å². The number of hydrogen-bond donors (Lipinski definition) is 1. The molecule has 1 aliphatic heterocycles. The highest BCUT2D eigenvalue weighted by atomic mass is 35.5. The van der Waals surface area contributed by atoms with Crippen LogP contribution >= 0.6 is 12.4 Å². The highest BCUT2D eigenvalue weighted by Crippen LogP contribution is 2.28. The van der Waals surface area contributed by atoms with Crippen LogP contribution in [-0.2, 0) is 4.74 Å². The van der Waals surface area contributed by atoms with Crippen molar-refractivity contribution in [2.24, 2.45) is 0 Å². The molecule has 1 saturated heterocycles. The third kappa shape index (κ3) is 5.11. The van der Waals surface area contributed by atoms with Crippen LogP contribution in [0.25, 0.3) is 0 Å². The van der Waals surface area contributed by atoms with Crippen LogP contribution in [0, 0.1) is 0 Å². The third-order valence-electron chi connectivity index (χ3n) is 4.81. The number of benzene rings is 1. The molecule has 1 N–H and O–H groups in total. The van der Waals surface area contributed by atoms with E-state index in [9.17, 15) is 4.79 Å². The van der Waals surface area contributed by atoms with Gasteiger partial charge in [0, 0.05) is 11.7 Å². The number of carbonyl (C=O) groups is 1. The Morgan fingerprint density at radius 3 is 2.43 bits per heavy atom. The van der Waals surface area contributed by atoms with Crippen molar-refractivity contribution in [3.8, 4) is 0 Å². The molecule has 0 spiro atoms. The Morgan fingerprint density at radius 1 is 1.00 bits per heavy atom. The van der Waals surface area contributed by atoms with Gasteiger partial charge in [0.1, 0.15) is 6.10 Å². The maximum absolute atomic E-state index is 12.2. The van der Waals surface area contributed by atoms with Crippen molar-refractivity contribution in [2.45, 2.75) is 57.1 Å². The standard InChI is InChI=1S/C18H26N2O2.ClH/c21-18(19-15-9-3-1-4-10-15)22-17-12-6-5-11-16(17)20-13-7-2-8-14-20;/h1,3-4,9-10,16-17H,2,5-8,11-14H2,(H,19,21);1H/t16-,17-;/m1./s1. The molecule has 1 saturated carbocycles. The van der Waals surface area contributed by atoms with E-state index in [0.717, 1.165) is 38.0 Å². The van der Waals surface area contributed by atoms with Crippen molar-refractivity contribution < 1.29 is 9.53 Å². The molecular weight excluding hydrogens is 312 g/mol. The average molecular weight is 339 g/mol. The Labute approximate surface area is 145 Å². The molecule has 2 atom stereocenters. The van der Waals surface area contributed by atoms with Gasteiger partial charge in [0.25, 0.3) is 0 Å². The highest BCUT2D eigenvalue weighted by Gasteiger charge is 2.33. The van der Waals surface area contributed by atoms with Gasteiger partial charge in [-0.3, -0.25) is 10.2 Å². The van der Waals surface area contributed by atoms with Crippen LogP contribution in [0.15, 0.2) is 30.3 Å². The van der Waals surface area contributed by atoms with Crippen molar-refractivity contribution >= 4 is 24.2 Å². The molecule has 128 valence electrons. The summed E-state index contributed by atoms with van der Waals surface area (Å²) in [7, 11) is 0. The predicted molar refractivity (Wildman–Crippen MR) is 95.3 cm³/mol. The molecule has 5 heteroatoms. The molecule has 0 unspecified atom stereocenters. The van der Waals surface area contributed by atoms with E-state index in [0.29, 0.717) is 6.04 Å². The zero-order valence-corrected chi connectivity index (χ0v) is 14.4. The zero-order valence-electron chi connectivity index (χ0n) is 13.6. The molecule has 1 aromatic rings. The summed E-state index contributed by atoms with van der Waals surface area (Å²) in [5, 5.41) is 2.83. The molecule has 2 aliphatic rings. The lowest BCUT2D eigenvalue weighted by atomic mass is 9.90. The number of amides is 1. The van der Waals surface area contributed by atoms with Crippen LogP contribution < -0.4 is 5.32 Å². The molecule has 0 aromatic heterocycles. The lowest BCUT2D eigenvalue weighted by Crippen LogP contribution is -2.49. The van der Waals surface area contributed by atoms with Crippen LogP contribution in [0.3, 0.4) is 0 Å². The number of rotatable bonds is 3. The van der Waals surface area contributed by atoms with E-state index in [1.54, 1.807) is 0 Å². The minimum Gasteiger partial charge on any atom is -0.444 e. The largest absolute Gasteiger partial charge is 0.444 e. The number of likely N-dealkylation sites (tertiary alicyclic amines) is 1. The topological polar surface area (TPSA) is 41.6 Å². The van der Waals surface area contributed by atoms with E-state index >= 15 is 0 Å². The Bertz CT molecular complexity index is 477. The number of piperidine rings is 1. The molecule has 0 radical (unpaired) electrons. The summed E-state index contributed by atoms with van der Waals surface area (Å²) in [5.41, 5.74) is 0.790. The van der Waals surface area contributed by atoms with Crippen LogP contribution in [-0.4, -0.2) is 36.2 Å². The summed E-state index contributed by atoms with van der Waals surface area (Å²) >= 11 is 0. The molecule has 3 rings (SSSR count). The van der Waals surface area contributed by atoms with Crippen molar-refractivity contribution in [2.75, 3.05) is 18.4 Å². The molecule has 1 heterocycles. The second-order valence-corrected chi connectivity index (χ2v) is 6.38. The quantitative estimate of drug-likeness (QED) is 0.885. The van der Waals surface area contributed by atoms with E-state index in [2.05, 4.69) is 10.2 Å². The van der Waals surface area contributed by atoms with Crippen molar-refractivity contribution in [3.05, 3.63) is 30.3 Å². The van der Waals surface area contributed by atoms with Crippen LogP contribution in [0.2, 0.25) is 0 Å². The second kappa shape index (κ2) is 9.14. The first kappa shape index (κ1) is 18.1. The molecule has 2 fully saturated rings. The van der Waals surface area contributed by atoms with Gasteiger partial charge < -0.3 is 4.74 Å². The molecule has 1 amide bonds. The Kier molecular flexibility index (Phi) is 7.18. The first-order chi connectivity index (χ1) is 10.8. The molecule has 1 aromatic carbocycles. The Balaban J connectivity index is 0.00000192. The van der Waals surface area contributed by atoms with E-state index in [4.69, 9.17) is 4.74 Å². The van der Waals surface area contributed by atoms with Gasteiger partial charge in [-0.25, -0.2) is 4.79 Å². The van der Waals surface area contributed by atoms with Gasteiger partial charge in [-0.05, 0) is 57.3 Å². The molecule has 1 aliphatic carbocycles. The van der Waals surface area contributed by atoms with Gasteiger partial charge >= 0.3 is 6.09 Å². The summed E-state index contributed by atoms with van der Waals surface area (Å²) in [6.07, 6.45) is 8.17. The first-order valence-corrected chi connectivity index (χ1v) is 8.60. The maximum Gasteiger partial charge on any atom is 0.411 e. The van der Waals surface area contributed by atoms with Crippen molar-refractivity contribution in [3.63, 3.8) is 0 Å². The number of anilines is 1. The molecule has 4 nitrogen and oxygen atoms in total. The highest BCUT2D eigenvalue weighted by molar-refractivity contribution is 5.85. The van der Waals surface area contributed by atoms with Gasteiger partial charge in [0.15, 0.2) is 0 Å². The Morgan fingerprint density at radius 2 is 1.70 bits per heavy atom. The smallest absolute Gasteiger partial charge is 0.411 e. The van der Waals surface area contributed by atoms with E-state index in [1.165, 1.54) is 25.7 Å². The normalized spacial score (nSPS) is 25.2. The van der Waals surface area contributed by atoms with Crippen molar-refractivity contribution in [1.29, 1.82) is 0 Å². The minimum absolute atomic E-state index is 0.